The molecule has 0 fully saturated rings. The Morgan fingerprint density at radius 3 is 2.11 bits per heavy atom. The molecule has 0 amide bonds. The van der Waals surface area contributed by atoms with Crippen molar-refractivity contribution in [3.63, 3.8) is 0 Å². The average molecular weight is 482 g/mol. The maximum absolute atomic E-state index is 12.0. The predicted octanol–water partition coefficient (Wildman–Crippen LogP) is 6.81. The smallest absolute Gasteiger partial charge is 0.337 e. The van der Waals surface area contributed by atoms with Crippen LogP contribution in [0, 0.1) is 5.41 Å². The number of aromatic nitrogens is 1. The van der Waals surface area contributed by atoms with Gasteiger partial charge in [-0.05, 0) is 63.9 Å². The molecule has 186 valence electrons. The summed E-state index contributed by atoms with van der Waals surface area (Å²) in [7, 11) is 5.51. The molecule has 5 heteroatoms. The van der Waals surface area contributed by atoms with Gasteiger partial charge in [0.2, 0.25) is 0 Å². The zero-order valence-electron chi connectivity index (χ0n) is 22.1. The van der Waals surface area contributed by atoms with E-state index in [-0.39, 0.29) is 11.4 Å². The number of fused-ring (bicyclic) bond motifs is 1. The first-order valence-corrected chi connectivity index (χ1v) is 12.2. The van der Waals surface area contributed by atoms with Gasteiger partial charge in [-0.25, -0.2) is 9.78 Å². The molecule has 0 radical (unpaired) electrons. The Morgan fingerprint density at radius 1 is 0.889 bits per heavy atom. The molecule has 0 N–H and O–H groups in total. The van der Waals surface area contributed by atoms with Gasteiger partial charge in [0, 0.05) is 44.5 Å². The molecule has 0 saturated carbocycles. The molecule has 0 aliphatic carbocycles. The zero-order valence-corrected chi connectivity index (χ0v) is 22.1. The lowest BCUT2D eigenvalue weighted by atomic mass is 9.95. The maximum Gasteiger partial charge on any atom is 0.337 e. The van der Waals surface area contributed by atoms with E-state index in [1.807, 2.05) is 30.5 Å². The number of rotatable bonds is 7. The second kappa shape index (κ2) is 10.4. The van der Waals surface area contributed by atoms with Crippen LogP contribution in [0.5, 0.6) is 0 Å². The molecule has 1 heterocycles. The molecule has 1 aromatic heterocycles. The van der Waals surface area contributed by atoms with Crippen LogP contribution in [-0.4, -0.2) is 38.7 Å². The summed E-state index contributed by atoms with van der Waals surface area (Å²) in [6, 6.07) is 25.0. The van der Waals surface area contributed by atoms with Gasteiger partial charge in [-0.3, -0.25) is 0 Å². The Morgan fingerprint density at radius 2 is 1.53 bits per heavy atom. The standard InChI is InChI=1S/C31H35N3O2/c1-31(2,3)21-34(29-28-16-13-26(30(35)36-6)19-25(28)17-18-32-29)20-22-7-9-23(10-8-22)24-11-14-27(15-12-24)33(4)5/h7-19H,20-21H2,1-6H3. The van der Waals surface area contributed by atoms with Crippen LogP contribution in [0.1, 0.15) is 36.7 Å². The van der Waals surface area contributed by atoms with Crippen molar-refractivity contribution >= 4 is 28.2 Å². The Labute approximate surface area is 214 Å². The number of benzene rings is 3. The average Bonchev–Trinajstić information content (AvgIpc) is 2.87. The summed E-state index contributed by atoms with van der Waals surface area (Å²) in [5, 5.41) is 1.99. The second-order valence-electron chi connectivity index (χ2n) is 10.6. The van der Waals surface area contributed by atoms with Crippen LogP contribution < -0.4 is 9.80 Å². The quantitative estimate of drug-likeness (QED) is 0.271. The number of hydrogen-bond donors (Lipinski definition) is 0. The zero-order chi connectivity index (χ0) is 25.9. The lowest BCUT2D eigenvalue weighted by Crippen LogP contribution is -2.33. The predicted molar refractivity (Wildman–Crippen MR) is 150 cm³/mol. The van der Waals surface area contributed by atoms with Crippen LogP contribution in [0.25, 0.3) is 21.9 Å². The van der Waals surface area contributed by atoms with Crippen molar-refractivity contribution < 1.29 is 9.53 Å². The number of methoxy groups -OCH3 is 1. The summed E-state index contributed by atoms with van der Waals surface area (Å²) in [6.07, 6.45) is 1.81. The van der Waals surface area contributed by atoms with E-state index < -0.39 is 0 Å². The largest absolute Gasteiger partial charge is 0.465 e. The highest BCUT2D eigenvalue weighted by atomic mass is 16.5. The molecule has 0 spiro atoms. The fourth-order valence-electron chi connectivity index (χ4n) is 4.41. The van der Waals surface area contributed by atoms with Crippen molar-refractivity contribution in [2.75, 3.05) is 37.5 Å². The Hall–Kier alpha value is -3.86. The number of ether oxygens (including phenoxy) is 1. The number of esters is 1. The van der Waals surface area contributed by atoms with Crippen LogP contribution in [0.15, 0.2) is 79.0 Å². The third kappa shape index (κ3) is 5.85. The van der Waals surface area contributed by atoms with Gasteiger partial charge in [-0.1, -0.05) is 57.2 Å². The molecule has 0 aliphatic heterocycles. The highest BCUT2D eigenvalue weighted by molar-refractivity contribution is 5.98. The van der Waals surface area contributed by atoms with Gasteiger partial charge >= 0.3 is 5.97 Å². The summed E-state index contributed by atoms with van der Waals surface area (Å²) >= 11 is 0. The van der Waals surface area contributed by atoms with Gasteiger partial charge in [0.25, 0.3) is 0 Å². The van der Waals surface area contributed by atoms with Crippen molar-refractivity contribution in [3.05, 3.63) is 90.1 Å². The first kappa shape index (κ1) is 25.2. The van der Waals surface area contributed by atoms with Crippen molar-refractivity contribution in [3.8, 4) is 11.1 Å². The van der Waals surface area contributed by atoms with Gasteiger partial charge in [-0.15, -0.1) is 0 Å². The molecule has 4 rings (SSSR count). The van der Waals surface area contributed by atoms with E-state index in [1.54, 1.807) is 0 Å². The Balaban J connectivity index is 1.64. The lowest BCUT2D eigenvalue weighted by molar-refractivity contribution is 0.0601. The van der Waals surface area contributed by atoms with Crippen molar-refractivity contribution in [2.45, 2.75) is 27.3 Å². The van der Waals surface area contributed by atoms with Gasteiger partial charge in [0.05, 0.1) is 12.7 Å². The van der Waals surface area contributed by atoms with E-state index in [0.29, 0.717) is 5.56 Å². The van der Waals surface area contributed by atoms with Crippen LogP contribution >= 0.6 is 0 Å². The number of nitrogens with zero attached hydrogens (tertiary/aromatic N) is 3. The highest BCUT2D eigenvalue weighted by Crippen LogP contribution is 2.30. The van der Waals surface area contributed by atoms with E-state index in [9.17, 15) is 4.79 Å². The molecule has 0 atom stereocenters. The summed E-state index contributed by atoms with van der Waals surface area (Å²) in [6.45, 7) is 8.29. The second-order valence-corrected chi connectivity index (χ2v) is 10.6. The third-order valence-corrected chi connectivity index (χ3v) is 6.17. The number of hydrogen-bond acceptors (Lipinski definition) is 5. The van der Waals surface area contributed by atoms with Crippen LogP contribution in [0.3, 0.4) is 0 Å². The van der Waals surface area contributed by atoms with Crippen molar-refractivity contribution in [2.24, 2.45) is 5.41 Å². The van der Waals surface area contributed by atoms with Gasteiger partial charge < -0.3 is 14.5 Å². The molecule has 3 aromatic carbocycles. The summed E-state index contributed by atoms with van der Waals surface area (Å²) in [5.41, 5.74) is 5.43. The monoisotopic (exact) mass is 481 g/mol. The summed E-state index contributed by atoms with van der Waals surface area (Å²) in [4.78, 5) is 21.2. The number of carbonyl (C=O) groups excluding carboxylic acids is 1. The minimum atomic E-state index is -0.335. The number of carbonyl (C=O) groups is 1. The molecule has 4 aromatic rings. The normalized spacial score (nSPS) is 11.4. The SMILES string of the molecule is COC(=O)c1ccc2c(N(Cc3ccc(-c4ccc(N(C)C)cc4)cc3)CC(C)(C)C)nccc2c1. The molecular weight excluding hydrogens is 446 g/mol. The first-order chi connectivity index (χ1) is 17.1. The number of pyridine rings is 1. The van der Waals surface area contributed by atoms with Gasteiger partial charge in [0.15, 0.2) is 0 Å². The molecule has 5 nitrogen and oxygen atoms in total. The Bertz CT molecular complexity index is 1340. The van der Waals surface area contributed by atoms with E-state index in [2.05, 4.69) is 93.2 Å². The van der Waals surface area contributed by atoms with Gasteiger partial charge in [0.1, 0.15) is 5.82 Å². The fourth-order valence-corrected chi connectivity index (χ4v) is 4.41. The number of anilines is 2. The first-order valence-electron chi connectivity index (χ1n) is 12.2. The molecule has 36 heavy (non-hydrogen) atoms. The molecule has 0 unspecified atom stereocenters. The van der Waals surface area contributed by atoms with E-state index in [4.69, 9.17) is 9.72 Å². The van der Waals surface area contributed by atoms with Crippen molar-refractivity contribution in [1.82, 2.24) is 4.98 Å². The van der Waals surface area contributed by atoms with Gasteiger partial charge in [-0.2, -0.15) is 0 Å². The topological polar surface area (TPSA) is 45.7 Å². The van der Waals surface area contributed by atoms with Crippen LogP contribution in [-0.2, 0) is 11.3 Å². The summed E-state index contributed by atoms with van der Waals surface area (Å²) in [5.74, 6) is 0.584. The minimum absolute atomic E-state index is 0.0733. The van der Waals surface area contributed by atoms with Crippen LogP contribution in [0.4, 0.5) is 11.5 Å². The van der Waals surface area contributed by atoms with Crippen molar-refractivity contribution in [1.29, 1.82) is 0 Å². The highest BCUT2D eigenvalue weighted by Gasteiger charge is 2.20. The summed E-state index contributed by atoms with van der Waals surface area (Å²) < 4.78 is 4.90. The maximum atomic E-state index is 12.0. The molecular formula is C31H35N3O2. The fraction of sp³-hybridized carbons (Fsp3) is 0.290. The molecule has 0 saturated heterocycles. The molecule has 0 bridgehead atoms. The van der Waals surface area contributed by atoms with E-state index in [1.165, 1.54) is 29.5 Å². The minimum Gasteiger partial charge on any atom is -0.465 e. The van der Waals surface area contributed by atoms with E-state index in [0.717, 1.165) is 29.7 Å². The third-order valence-electron chi connectivity index (χ3n) is 6.17. The lowest BCUT2D eigenvalue weighted by Gasteiger charge is -2.32. The molecule has 0 aliphatic rings. The Kier molecular flexibility index (Phi) is 7.30. The van der Waals surface area contributed by atoms with E-state index >= 15 is 0 Å². The van der Waals surface area contributed by atoms with Crippen LogP contribution in [0.2, 0.25) is 0 Å².